The van der Waals surface area contributed by atoms with Crippen molar-refractivity contribution in [3.8, 4) is 0 Å². The van der Waals surface area contributed by atoms with Crippen LogP contribution in [0.3, 0.4) is 0 Å². The minimum atomic E-state index is -0.0517. The molecule has 0 saturated heterocycles. The molecule has 5 nitrogen and oxygen atoms in total. The summed E-state index contributed by atoms with van der Waals surface area (Å²) >= 11 is 0. The van der Waals surface area contributed by atoms with Crippen LogP contribution >= 0.6 is 0 Å². The van der Waals surface area contributed by atoms with Crippen molar-refractivity contribution in [2.45, 2.75) is 59.0 Å². The van der Waals surface area contributed by atoms with Crippen molar-refractivity contribution >= 4 is 5.71 Å². The third-order valence-electron chi connectivity index (χ3n) is 4.79. The van der Waals surface area contributed by atoms with Gasteiger partial charge in [-0.25, -0.2) is 0 Å². The van der Waals surface area contributed by atoms with Crippen molar-refractivity contribution in [3.63, 3.8) is 0 Å². The van der Waals surface area contributed by atoms with Gasteiger partial charge in [0.2, 0.25) is 5.76 Å². The third-order valence-corrected chi connectivity index (χ3v) is 4.79. The first kappa shape index (κ1) is 21.9. The smallest absolute Gasteiger partial charge is 0.359 e. The Morgan fingerprint density at radius 1 is 1.00 bits per heavy atom. The van der Waals surface area contributed by atoms with Gasteiger partial charge in [0.1, 0.15) is 5.76 Å². The molecule has 0 aromatic heterocycles. The molecule has 1 aliphatic carbocycles. The van der Waals surface area contributed by atoms with E-state index in [1.807, 2.05) is 18.2 Å². The Morgan fingerprint density at radius 3 is 2.29 bits per heavy atom. The Hall–Kier alpha value is -2.36. The maximum atomic E-state index is 9.48. The number of benzene rings is 1. The number of hydrogen-bond donors (Lipinski definition) is 0. The first-order valence-electron chi connectivity index (χ1n) is 10.4. The summed E-state index contributed by atoms with van der Waals surface area (Å²) in [5.74, 6) is 1.43. The fourth-order valence-corrected chi connectivity index (χ4v) is 3.10. The van der Waals surface area contributed by atoms with Crippen molar-refractivity contribution in [2.24, 2.45) is 0 Å². The molecule has 2 rings (SSSR count). The summed E-state index contributed by atoms with van der Waals surface area (Å²) in [6.07, 6.45) is 7.92. The summed E-state index contributed by atoms with van der Waals surface area (Å²) in [4.78, 5) is 5.78. The first-order valence-corrected chi connectivity index (χ1v) is 10.4. The van der Waals surface area contributed by atoms with Gasteiger partial charge in [-0.3, -0.25) is 4.90 Å². The van der Waals surface area contributed by atoms with Gasteiger partial charge in [0.15, 0.2) is 0 Å². The Morgan fingerprint density at radius 2 is 1.68 bits per heavy atom. The number of likely N-dealkylation sites (N-methyl/N-ethyl adjacent to an activating group) is 1. The fourth-order valence-electron chi connectivity index (χ4n) is 3.10. The van der Waals surface area contributed by atoms with Crippen LogP contribution in [0.15, 0.2) is 54.0 Å². The second kappa shape index (κ2) is 12.2. The molecule has 0 saturated carbocycles. The molecule has 0 radical (unpaired) electrons. The Balaban J connectivity index is 2.27. The molecule has 0 N–H and O–H groups in total. The zero-order valence-electron chi connectivity index (χ0n) is 17.4. The van der Waals surface area contributed by atoms with Crippen LogP contribution in [0, 0.1) is 0 Å². The molecular weight excluding hydrogens is 350 g/mol. The fraction of sp³-hybridized carbons (Fsp3) is 0.522. The molecule has 1 aromatic carbocycles. The molecule has 0 fully saturated rings. The number of unbranched alkanes of at least 4 members (excludes halogenated alkanes) is 2. The zero-order chi connectivity index (χ0) is 20.2. The summed E-state index contributed by atoms with van der Waals surface area (Å²) < 4.78 is 12.0. The average molecular weight is 384 g/mol. The van der Waals surface area contributed by atoms with Gasteiger partial charge in [-0.05, 0) is 31.0 Å². The van der Waals surface area contributed by atoms with Gasteiger partial charge in [0, 0.05) is 6.54 Å². The van der Waals surface area contributed by atoms with Gasteiger partial charge < -0.3 is 15.0 Å². The van der Waals surface area contributed by atoms with E-state index in [4.69, 9.17) is 9.47 Å². The number of nitrogens with zero attached hydrogens (tertiary/aromatic N) is 3. The van der Waals surface area contributed by atoms with Crippen LogP contribution in [0.5, 0.6) is 0 Å². The van der Waals surface area contributed by atoms with Crippen LogP contribution in [0.4, 0.5) is 0 Å². The van der Waals surface area contributed by atoms with E-state index in [0.717, 1.165) is 44.5 Å². The van der Waals surface area contributed by atoms with Crippen LogP contribution in [0.1, 0.15) is 52.0 Å². The Labute approximate surface area is 169 Å². The van der Waals surface area contributed by atoms with E-state index < -0.39 is 0 Å². The predicted octanol–water partition coefficient (Wildman–Crippen LogP) is 4.96. The number of allylic oxidation sites excluding steroid dienone is 1. The summed E-state index contributed by atoms with van der Waals surface area (Å²) in [5, 5.41) is 0. The van der Waals surface area contributed by atoms with E-state index in [0.29, 0.717) is 24.7 Å². The molecule has 1 aliphatic rings. The van der Waals surface area contributed by atoms with Crippen LogP contribution in [0.2, 0.25) is 0 Å². The van der Waals surface area contributed by atoms with E-state index in [1.54, 1.807) is 0 Å². The predicted molar refractivity (Wildman–Crippen MR) is 113 cm³/mol. The van der Waals surface area contributed by atoms with Crippen molar-refractivity contribution < 1.29 is 14.3 Å². The highest BCUT2D eigenvalue weighted by molar-refractivity contribution is 6.04. The van der Waals surface area contributed by atoms with Gasteiger partial charge in [0.05, 0.1) is 25.3 Å². The molecule has 1 atom stereocenters. The lowest BCUT2D eigenvalue weighted by molar-refractivity contribution is -0.00931. The third kappa shape index (κ3) is 6.36. The maximum absolute atomic E-state index is 9.48. The molecule has 152 valence electrons. The molecule has 1 unspecified atom stereocenters. The van der Waals surface area contributed by atoms with Crippen LogP contribution < -0.4 is 0 Å². The molecule has 0 heterocycles. The minimum Gasteiger partial charge on any atom is -0.496 e. The monoisotopic (exact) mass is 383 g/mol. The Kier molecular flexibility index (Phi) is 9.53. The normalized spacial score (nSPS) is 16.4. The molecule has 0 spiro atoms. The van der Waals surface area contributed by atoms with Gasteiger partial charge in [0.25, 0.3) is 0 Å². The topological polar surface area (TPSA) is 58.1 Å². The molecule has 0 aliphatic heterocycles. The molecule has 5 heteroatoms. The van der Waals surface area contributed by atoms with Crippen LogP contribution in [-0.2, 0) is 16.0 Å². The summed E-state index contributed by atoms with van der Waals surface area (Å²) in [6.45, 7) is 9.34. The average Bonchev–Trinajstić information content (AvgIpc) is 2.73. The molecule has 1 aromatic rings. The van der Waals surface area contributed by atoms with Gasteiger partial charge in [-0.15, -0.1) is 0 Å². The summed E-state index contributed by atoms with van der Waals surface area (Å²) in [6, 6.07) is 10.4. The van der Waals surface area contributed by atoms with E-state index in [9.17, 15) is 5.53 Å². The van der Waals surface area contributed by atoms with E-state index >= 15 is 0 Å². The standard InChI is InChI=1S/C23H33N3O2/c1-4-7-14-27-22-17-21(23(16-20(22)25-24)28-15-8-5-2)26(6-3)18-19-12-10-9-11-13-19/h9-13,16-17,21H,4-8,14-15,18H2,1-3H3. The number of rotatable bonds is 12. The SMILES string of the molecule is CCCCOC1=CC(N(CC)Cc2ccccc2)C(OCCCC)=CC1=[N+]=[N-]. The van der Waals surface area contributed by atoms with Crippen molar-refractivity contribution in [1.29, 1.82) is 0 Å². The van der Waals surface area contributed by atoms with Crippen LogP contribution in [-0.4, -0.2) is 41.2 Å². The quantitative estimate of drug-likeness (QED) is 0.291. The van der Waals surface area contributed by atoms with Crippen molar-refractivity contribution in [1.82, 2.24) is 4.90 Å². The highest BCUT2D eigenvalue weighted by Crippen LogP contribution is 2.24. The summed E-state index contributed by atoms with van der Waals surface area (Å²) in [5.41, 5.74) is 11.2. The second-order valence-corrected chi connectivity index (χ2v) is 6.96. The largest absolute Gasteiger partial charge is 0.496 e. The maximum Gasteiger partial charge on any atom is 0.359 e. The zero-order valence-corrected chi connectivity index (χ0v) is 17.4. The van der Waals surface area contributed by atoms with E-state index in [-0.39, 0.29) is 6.04 Å². The lowest BCUT2D eigenvalue weighted by Gasteiger charge is -2.32. The van der Waals surface area contributed by atoms with Gasteiger partial charge in [-0.1, -0.05) is 63.9 Å². The van der Waals surface area contributed by atoms with Crippen molar-refractivity contribution in [2.75, 3.05) is 19.8 Å². The van der Waals surface area contributed by atoms with E-state index in [1.165, 1.54) is 5.56 Å². The number of hydrogen-bond acceptors (Lipinski definition) is 3. The van der Waals surface area contributed by atoms with Crippen LogP contribution in [0.25, 0.3) is 5.53 Å². The lowest BCUT2D eigenvalue weighted by Crippen LogP contribution is -2.38. The first-order chi connectivity index (χ1) is 13.7. The lowest BCUT2D eigenvalue weighted by atomic mass is 10.0. The van der Waals surface area contributed by atoms with Crippen molar-refractivity contribution in [3.05, 3.63) is 65.1 Å². The Bertz CT molecular complexity index is 706. The van der Waals surface area contributed by atoms with E-state index in [2.05, 4.69) is 54.7 Å². The number of ether oxygens (including phenoxy) is 2. The molecule has 0 amide bonds. The highest BCUT2D eigenvalue weighted by atomic mass is 16.5. The second-order valence-electron chi connectivity index (χ2n) is 6.96. The molecule has 0 bridgehead atoms. The minimum absolute atomic E-state index is 0.0517. The van der Waals surface area contributed by atoms with Gasteiger partial charge >= 0.3 is 5.71 Å². The summed E-state index contributed by atoms with van der Waals surface area (Å²) in [7, 11) is 0. The molecular formula is C23H33N3O2. The highest BCUT2D eigenvalue weighted by Gasteiger charge is 2.31. The van der Waals surface area contributed by atoms with Gasteiger partial charge in [-0.2, -0.15) is 4.79 Å². The molecule has 28 heavy (non-hydrogen) atoms.